The number of carbonyl (C=O) groups is 2. The third-order valence-corrected chi connectivity index (χ3v) is 7.76. The van der Waals surface area contributed by atoms with Crippen LogP contribution < -0.4 is 11.1 Å². The van der Waals surface area contributed by atoms with Crippen LogP contribution >= 0.6 is 0 Å². The first-order chi connectivity index (χ1) is 14.5. The first-order valence-electron chi connectivity index (χ1n) is 11.2. The summed E-state index contributed by atoms with van der Waals surface area (Å²) in [6, 6.07) is 19.0. The maximum Gasteiger partial charge on any atom is 0.240 e. The van der Waals surface area contributed by atoms with Gasteiger partial charge in [0.25, 0.3) is 0 Å². The van der Waals surface area contributed by atoms with Crippen molar-refractivity contribution in [3.63, 3.8) is 0 Å². The van der Waals surface area contributed by atoms with Gasteiger partial charge in [-0.05, 0) is 67.4 Å². The summed E-state index contributed by atoms with van der Waals surface area (Å²) in [5.41, 5.74) is 7.56. The lowest BCUT2D eigenvalue weighted by atomic mass is 9.49. The molecule has 2 amide bonds. The van der Waals surface area contributed by atoms with Gasteiger partial charge in [0, 0.05) is 11.3 Å². The molecule has 156 valence electrons. The van der Waals surface area contributed by atoms with E-state index < -0.39 is 11.9 Å². The molecule has 1 atom stereocenters. The zero-order chi connectivity index (χ0) is 20.7. The normalized spacial score (nSPS) is 30.2. The Morgan fingerprint density at radius 1 is 0.800 bits per heavy atom. The van der Waals surface area contributed by atoms with Crippen LogP contribution in [0, 0.1) is 23.2 Å². The molecule has 4 bridgehead atoms. The van der Waals surface area contributed by atoms with Crippen LogP contribution in [0.5, 0.6) is 0 Å². The molecule has 4 heteroatoms. The number of amides is 2. The van der Waals surface area contributed by atoms with Crippen molar-refractivity contribution in [2.75, 3.05) is 0 Å². The molecular formula is C26H30N2O2. The molecule has 0 spiro atoms. The standard InChI is InChI=1S/C26H30N2O2/c27-24(29)23(22(20-7-3-1-4-8-20)21-9-5-2-6-10-21)28-25(30)26-14-17-11-18(15-26)13-19(12-17)16-26/h1-10,17-19,22-23H,11-16H2,(H2,27,29)(H,28,30)/t17?,18?,19?,23-,26?/m0/s1. The maximum absolute atomic E-state index is 13.7. The highest BCUT2D eigenvalue weighted by molar-refractivity contribution is 5.90. The average Bonchev–Trinajstić information content (AvgIpc) is 2.73. The second-order valence-electron chi connectivity index (χ2n) is 9.85. The summed E-state index contributed by atoms with van der Waals surface area (Å²) in [7, 11) is 0. The molecule has 4 aliphatic rings. The number of primary amides is 1. The predicted molar refractivity (Wildman–Crippen MR) is 116 cm³/mol. The van der Waals surface area contributed by atoms with Crippen LogP contribution in [0.3, 0.4) is 0 Å². The summed E-state index contributed by atoms with van der Waals surface area (Å²) in [4.78, 5) is 26.3. The van der Waals surface area contributed by atoms with Crippen LogP contribution in [0.25, 0.3) is 0 Å². The maximum atomic E-state index is 13.7. The van der Waals surface area contributed by atoms with Crippen molar-refractivity contribution in [1.29, 1.82) is 0 Å². The highest BCUT2D eigenvalue weighted by Crippen LogP contribution is 2.60. The predicted octanol–water partition coefficient (Wildman–Crippen LogP) is 4.01. The SMILES string of the molecule is NC(=O)[C@@H](NC(=O)C12CC3CC(CC(C3)C1)C2)C(c1ccccc1)c1ccccc1. The van der Waals surface area contributed by atoms with Crippen LogP contribution in [0.15, 0.2) is 60.7 Å². The van der Waals surface area contributed by atoms with Crippen LogP contribution in [-0.2, 0) is 9.59 Å². The highest BCUT2D eigenvalue weighted by Gasteiger charge is 2.55. The van der Waals surface area contributed by atoms with E-state index >= 15 is 0 Å². The monoisotopic (exact) mass is 402 g/mol. The van der Waals surface area contributed by atoms with Crippen molar-refractivity contribution in [1.82, 2.24) is 5.32 Å². The molecular weight excluding hydrogens is 372 g/mol. The van der Waals surface area contributed by atoms with Crippen molar-refractivity contribution < 1.29 is 9.59 Å². The summed E-state index contributed by atoms with van der Waals surface area (Å²) < 4.78 is 0. The fourth-order valence-corrected chi connectivity index (χ4v) is 6.90. The quantitative estimate of drug-likeness (QED) is 0.766. The van der Waals surface area contributed by atoms with Crippen molar-refractivity contribution in [2.24, 2.45) is 28.9 Å². The lowest BCUT2D eigenvalue weighted by Crippen LogP contribution is -2.58. The van der Waals surface area contributed by atoms with Crippen molar-refractivity contribution in [2.45, 2.75) is 50.5 Å². The highest BCUT2D eigenvalue weighted by atomic mass is 16.2. The second-order valence-corrected chi connectivity index (χ2v) is 9.85. The molecule has 4 saturated carbocycles. The topological polar surface area (TPSA) is 72.2 Å². The Bertz CT molecular complexity index is 850. The van der Waals surface area contributed by atoms with E-state index in [2.05, 4.69) is 5.32 Å². The molecule has 30 heavy (non-hydrogen) atoms. The van der Waals surface area contributed by atoms with Gasteiger partial charge < -0.3 is 11.1 Å². The Kier molecular flexibility index (Phi) is 4.88. The third-order valence-electron chi connectivity index (χ3n) is 7.76. The van der Waals surface area contributed by atoms with Gasteiger partial charge in [0.1, 0.15) is 6.04 Å². The van der Waals surface area contributed by atoms with E-state index in [9.17, 15) is 9.59 Å². The molecule has 0 aliphatic heterocycles. The van der Waals surface area contributed by atoms with Gasteiger partial charge in [-0.15, -0.1) is 0 Å². The number of hydrogen-bond acceptors (Lipinski definition) is 2. The van der Waals surface area contributed by atoms with Crippen LogP contribution in [0.1, 0.15) is 55.6 Å². The molecule has 0 aromatic heterocycles. The number of carbonyl (C=O) groups excluding carboxylic acids is 2. The molecule has 0 radical (unpaired) electrons. The Labute approximate surface area is 178 Å². The van der Waals surface area contributed by atoms with Gasteiger partial charge >= 0.3 is 0 Å². The average molecular weight is 403 g/mol. The number of nitrogens with one attached hydrogen (secondary N) is 1. The zero-order valence-corrected chi connectivity index (χ0v) is 17.3. The van der Waals surface area contributed by atoms with Crippen LogP contribution in [0.4, 0.5) is 0 Å². The van der Waals surface area contributed by atoms with Gasteiger partial charge in [-0.3, -0.25) is 9.59 Å². The van der Waals surface area contributed by atoms with E-state index in [0.717, 1.165) is 30.4 Å². The second kappa shape index (κ2) is 7.57. The fraction of sp³-hybridized carbons (Fsp3) is 0.462. The Morgan fingerprint density at radius 3 is 1.63 bits per heavy atom. The summed E-state index contributed by atoms with van der Waals surface area (Å²) in [5, 5.41) is 3.16. The lowest BCUT2D eigenvalue weighted by molar-refractivity contribution is -0.148. The minimum atomic E-state index is -0.768. The largest absolute Gasteiger partial charge is 0.368 e. The third kappa shape index (κ3) is 3.42. The smallest absolute Gasteiger partial charge is 0.240 e. The Morgan fingerprint density at radius 2 is 1.23 bits per heavy atom. The zero-order valence-electron chi connectivity index (χ0n) is 17.3. The number of nitrogens with two attached hydrogens (primary N) is 1. The van der Waals surface area contributed by atoms with E-state index in [1.165, 1.54) is 19.3 Å². The van der Waals surface area contributed by atoms with Crippen molar-refractivity contribution >= 4 is 11.8 Å². The molecule has 6 rings (SSSR count). The summed E-state index contributed by atoms with van der Waals surface area (Å²) in [5.74, 6) is 1.28. The van der Waals surface area contributed by atoms with E-state index in [4.69, 9.17) is 5.73 Å². The van der Waals surface area contributed by atoms with E-state index in [0.29, 0.717) is 17.8 Å². The molecule has 4 aliphatic carbocycles. The van der Waals surface area contributed by atoms with E-state index in [1.54, 1.807) is 0 Å². The molecule has 0 saturated heterocycles. The van der Waals surface area contributed by atoms with Gasteiger partial charge in [-0.25, -0.2) is 0 Å². The molecule has 2 aromatic carbocycles. The molecule has 0 heterocycles. The van der Waals surface area contributed by atoms with Gasteiger partial charge in [0.2, 0.25) is 11.8 Å². The lowest BCUT2D eigenvalue weighted by Gasteiger charge is -2.55. The first kappa shape index (κ1) is 19.3. The number of hydrogen-bond donors (Lipinski definition) is 2. The van der Waals surface area contributed by atoms with Crippen molar-refractivity contribution in [3.05, 3.63) is 71.8 Å². The molecule has 0 unspecified atom stereocenters. The van der Waals surface area contributed by atoms with Crippen LogP contribution in [-0.4, -0.2) is 17.9 Å². The van der Waals surface area contributed by atoms with Gasteiger partial charge in [0.15, 0.2) is 0 Å². The van der Waals surface area contributed by atoms with Gasteiger partial charge in [0.05, 0.1) is 0 Å². The molecule has 3 N–H and O–H groups in total. The van der Waals surface area contributed by atoms with E-state index in [-0.39, 0.29) is 17.2 Å². The molecule has 2 aromatic rings. The minimum Gasteiger partial charge on any atom is -0.368 e. The number of benzene rings is 2. The summed E-state index contributed by atoms with van der Waals surface area (Å²) in [6.45, 7) is 0. The minimum absolute atomic E-state index is 0.0438. The van der Waals surface area contributed by atoms with Gasteiger partial charge in [-0.1, -0.05) is 60.7 Å². The number of rotatable bonds is 6. The van der Waals surface area contributed by atoms with E-state index in [1.807, 2.05) is 60.7 Å². The van der Waals surface area contributed by atoms with Crippen LogP contribution in [0.2, 0.25) is 0 Å². The van der Waals surface area contributed by atoms with Crippen molar-refractivity contribution in [3.8, 4) is 0 Å². The summed E-state index contributed by atoms with van der Waals surface area (Å²) in [6.07, 6.45) is 6.75. The fourth-order valence-electron chi connectivity index (χ4n) is 6.90. The Balaban J connectivity index is 1.47. The van der Waals surface area contributed by atoms with Gasteiger partial charge in [-0.2, -0.15) is 0 Å². The Hall–Kier alpha value is -2.62. The molecule has 4 fully saturated rings. The first-order valence-corrected chi connectivity index (χ1v) is 11.2. The molecule has 4 nitrogen and oxygen atoms in total. The summed E-state index contributed by atoms with van der Waals surface area (Å²) >= 11 is 0.